The molecule has 0 fully saturated rings. The average Bonchev–Trinajstić information content (AvgIpc) is 2.81. The molecule has 0 aliphatic rings. The van der Waals surface area contributed by atoms with Crippen molar-refractivity contribution in [1.29, 1.82) is 0 Å². The van der Waals surface area contributed by atoms with Gasteiger partial charge in [-0.1, -0.05) is 30.9 Å². The van der Waals surface area contributed by atoms with Crippen molar-refractivity contribution in [2.75, 3.05) is 6.26 Å². The number of halogens is 3. The Morgan fingerprint density at radius 1 is 0.906 bits per heavy atom. The van der Waals surface area contributed by atoms with Gasteiger partial charge >= 0.3 is 0 Å². The standard InChI is InChI=1S/C25H17F3N2OS/c1-3-15-12-17(6-10-21(15)26)24-20(16-4-8-19(32-2)9-5-16)14-29-30(25(24)31)18-7-11-22(27)23(28)13-18/h3-14H,1H2,2H3. The molecule has 32 heavy (non-hydrogen) atoms. The molecule has 4 aromatic rings. The lowest BCUT2D eigenvalue weighted by Crippen LogP contribution is -2.23. The number of thioether (sulfide) groups is 1. The van der Waals surface area contributed by atoms with Crippen molar-refractivity contribution in [1.82, 2.24) is 9.78 Å². The van der Waals surface area contributed by atoms with E-state index in [2.05, 4.69) is 11.7 Å². The van der Waals surface area contributed by atoms with Crippen molar-refractivity contribution >= 4 is 17.8 Å². The van der Waals surface area contributed by atoms with Crippen LogP contribution >= 0.6 is 11.8 Å². The lowest BCUT2D eigenvalue weighted by molar-refractivity contribution is 0.507. The number of aromatic nitrogens is 2. The van der Waals surface area contributed by atoms with Crippen molar-refractivity contribution in [3.8, 4) is 27.9 Å². The van der Waals surface area contributed by atoms with Crippen LogP contribution in [0.3, 0.4) is 0 Å². The molecule has 0 saturated carbocycles. The number of nitrogens with zero attached hydrogens (tertiary/aromatic N) is 2. The average molecular weight is 450 g/mol. The Bertz CT molecular complexity index is 1380. The summed E-state index contributed by atoms with van der Waals surface area (Å²) in [6.45, 7) is 3.62. The lowest BCUT2D eigenvalue weighted by atomic mass is 9.96. The second-order valence-corrected chi connectivity index (χ2v) is 7.80. The predicted molar refractivity (Wildman–Crippen MR) is 122 cm³/mol. The SMILES string of the molecule is C=Cc1cc(-c2c(-c3ccc(SC)cc3)cnn(-c3ccc(F)c(F)c3)c2=O)ccc1F. The van der Waals surface area contributed by atoms with Gasteiger partial charge in [-0.25, -0.2) is 13.2 Å². The molecule has 0 N–H and O–H groups in total. The van der Waals surface area contributed by atoms with Crippen LogP contribution in [-0.2, 0) is 0 Å². The Balaban J connectivity index is 2.00. The molecule has 1 heterocycles. The predicted octanol–water partition coefficient (Wildman–Crippen LogP) is 6.35. The Kier molecular flexibility index (Phi) is 6.01. The van der Waals surface area contributed by atoms with Crippen LogP contribution < -0.4 is 5.56 Å². The van der Waals surface area contributed by atoms with E-state index in [-0.39, 0.29) is 16.8 Å². The van der Waals surface area contributed by atoms with Gasteiger partial charge < -0.3 is 0 Å². The molecule has 4 rings (SSSR count). The van der Waals surface area contributed by atoms with Crippen LogP contribution in [0.2, 0.25) is 0 Å². The van der Waals surface area contributed by atoms with Crippen LogP contribution in [0.4, 0.5) is 13.2 Å². The maximum Gasteiger partial charge on any atom is 0.280 e. The molecule has 1 aromatic heterocycles. The summed E-state index contributed by atoms with van der Waals surface area (Å²) in [6.07, 6.45) is 4.81. The van der Waals surface area contributed by atoms with E-state index < -0.39 is 23.0 Å². The first-order valence-corrected chi connectivity index (χ1v) is 10.8. The fraction of sp³-hybridized carbons (Fsp3) is 0.0400. The fourth-order valence-corrected chi connectivity index (χ4v) is 3.79. The maximum atomic E-state index is 14.1. The van der Waals surface area contributed by atoms with E-state index in [4.69, 9.17) is 0 Å². The zero-order valence-corrected chi connectivity index (χ0v) is 17.8. The van der Waals surface area contributed by atoms with Crippen LogP contribution in [0.5, 0.6) is 0 Å². The van der Waals surface area contributed by atoms with Gasteiger partial charge in [-0.05, 0) is 53.8 Å². The molecule has 0 amide bonds. The molecule has 3 nitrogen and oxygen atoms in total. The third-order valence-electron chi connectivity index (χ3n) is 5.03. The quantitative estimate of drug-likeness (QED) is 0.333. The van der Waals surface area contributed by atoms with Crippen molar-refractivity contribution in [2.24, 2.45) is 0 Å². The van der Waals surface area contributed by atoms with E-state index in [1.807, 2.05) is 30.5 Å². The molecule has 0 radical (unpaired) electrons. The molecular weight excluding hydrogens is 433 g/mol. The Hall–Kier alpha value is -3.58. The van der Waals surface area contributed by atoms with Gasteiger partial charge in [0, 0.05) is 22.1 Å². The van der Waals surface area contributed by atoms with Gasteiger partial charge in [0.05, 0.1) is 17.4 Å². The Morgan fingerprint density at radius 3 is 2.25 bits per heavy atom. The highest BCUT2D eigenvalue weighted by Crippen LogP contribution is 2.31. The minimum absolute atomic E-state index is 0.0745. The highest BCUT2D eigenvalue weighted by atomic mass is 32.2. The molecule has 0 bridgehead atoms. The molecule has 0 aliphatic heterocycles. The van der Waals surface area contributed by atoms with E-state index in [0.717, 1.165) is 27.3 Å². The van der Waals surface area contributed by atoms with Gasteiger partial charge in [0.2, 0.25) is 0 Å². The Morgan fingerprint density at radius 2 is 1.59 bits per heavy atom. The number of hydrogen-bond donors (Lipinski definition) is 0. The van der Waals surface area contributed by atoms with Crippen LogP contribution in [-0.4, -0.2) is 16.0 Å². The summed E-state index contributed by atoms with van der Waals surface area (Å²) in [5.41, 5.74) is 1.74. The largest absolute Gasteiger partial charge is 0.280 e. The highest BCUT2D eigenvalue weighted by molar-refractivity contribution is 7.98. The second-order valence-electron chi connectivity index (χ2n) is 6.92. The highest BCUT2D eigenvalue weighted by Gasteiger charge is 2.18. The zero-order chi connectivity index (χ0) is 22.8. The first-order chi connectivity index (χ1) is 15.4. The zero-order valence-electron chi connectivity index (χ0n) is 17.0. The Labute approximate surface area is 186 Å². The first-order valence-electron chi connectivity index (χ1n) is 9.57. The maximum absolute atomic E-state index is 14.1. The van der Waals surface area contributed by atoms with Crippen molar-refractivity contribution in [3.63, 3.8) is 0 Å². The number of rotatable bonds is 5. The van der Waals surface area contributed by atoms with Crippen LogP contribution in [0.25, 0.3) is 34.0 Å². The third kappa shape index (κ3) is 3.99. The summed E-state index contributed by atoms with van der Waals surface area (Å²) in [5.74, 6) is -2.59. The topological polar surface area (TPSA) is 34.9 Å². The van der Waals surface area contributed by atoms with Crippen molar-refractivity contribution in [3.05, 3.63) is 107 Å². The summed E-state index contributed by atoms with van der Waals surface area (Å²) in [7, 11) is 0. The smallest absolute Gasteiger partial charge is 0.267 e. The summed E-state index contributed by atoms with van der Waals surface area (Å²) in [6, 6.07) is 15.0. The lowest BCUT2D eigenvalue weighted by Gasteiger charge is -2.14. The molecule has 3 aromatic carbocycles. The summed E-state index contributed by atoms with van der Waals surface area (Å²) >= 11 is 1.58. The van der Waals surface area contributed by atoms with E-state index in [0.29, 0.717) is 11.1 Å². The molecule has 0 atom stereocenters. The van der Waals surface area contributed by atoms with E-state index in [1.165, 1.54) is 36.5 Å². The van der Waals surface area contributed by atoms with E-state index in [1.54, 1.807) is 11.8 Å². The normalized spacial score (nSPS) is 10.9. The van der Waals surface area contributed by atoms with Gasteiger partial charge in [0.25, 0.3) is 5.56 Å². The minimum Gasteiger partial charge on any atom is -0.267 e. The van der Waals surface area contributed by atoms with Gasteiger partial charge in [0.15, 0.2) is 11.6 Å². The van der Waals surface area contributed by atoms with Gasteiger partial charge in [-0.3, -0.25) is 4.79 Å². The van der Waals surface area contributed by atoms with Crippen LogP contribution in [0.1, 0.15) is 5.56 Å². The van der Waals surface area contributed by atoms with E-state index >= 15 is 0 Å². The monoisotopic (exact) mass is 450 g/mol. The molecule has 0 aliphatic carbocycles. The minimum atomic E-state index is -1.09. The molecular formula is C25H17F3N2OS. The summed E-state index contributed by atoms with van der Waals surface area (Å²) in [4.78, 5) is 14.6. The van der Waals surface area contributed by atoms with Gasteiger partial charge in [0.1, 0.15) is 5.82 Å². The molecule has 0 spiro atoms. The van der Waals surface area contributed by atoms with Crippen molar-refractivity contribution < 1.29 is 13.2 Å². The summed E-state index contributed by atoms with van der Waals surface area (Å²) < 4.78 is 42.3. The van der Waals surface area contributed by atoms with Crippen LogP contribution in [0.15, 0.2) is 83.1 Å². The number of hydrogen-bond acceptors (Lipinski definition) is 3. The fourth-order valence-electron chi connectivity index (χ4n) is 3.38. The molecule has 0 saturated heterocycles. The van der Waals surface area contributed by atoms with Gasteiger partial charge in [-0.2, -0.15) is 9.78 Å². The third-order valence-corrected chi connectivity index (χ3v) is 5.77. The van der Waals surface area contributed by atoms with Gasteiger partial charge in [-0.15, -0.1) is 11.8 Å². The second kappa shape index (κ2) is 8.88. The first kappa shape index (κ1) is 21.6. The molecule has 160 valence electrons. The van der Waals surface area contributed by atoms with Crippen molar-refractivity contribution in [2.45, 2.75) is 4.90 Å². The summed E-state index contributed by atoms with van der Waals surface area (Å²) in [5, 5.41) is 4.20. The van der Waals surface area contributed by atoms with E-state index in [9.17, 15) is 18.0 Å². The number of benzene rings is 3. The molecule has 7 heteroatoms. The molecule has 0 unspecified atom stereocenters. The van der Waals surface area contributed by atoms with Crippen LogP contribution in [0, 0.1) is 17.5 Å².